The third-order valence-electron chi connectivity index (χ3n) is 3.13. The quantitative estimate of drug-likeness (QED) is 0.799. The number of pyridine rings is 1. The lowest BCUT2D eigenvalue weighted by Crippen LogP contribution is -1.99. The van der Waals surface area contributed by atoms with Crippen molar-refractivity contribution in [2.45, 2.75) is 6.54 Å². The molecule has 0 aliphatic carbocycles. The van der Waals surface area contributed by atoms with Gasteiger partial charge in [-0.15, -0.1) is 0 Å². The van der Waals surface area contributed by atoms with Gasteiger partial charge in [0, 0.05) is 40.5 Å². The zero-order valence-corrected chi connectivity index (χ0v) is 12.0. The van der Waals surface area contributed by atoms with E-state index >= 15 is 0 Å². The number of carboxylic acid groups (broad SMARTS) is 1. The second-order valence-corrected chi connectivity index (χ2v) is 5.42. The van der Waals surface area contributed by atoms with Gasteiger partial charge >= 0.3 is 5.97 Å². The van der Waals surface area contributed by atoms with Gasteiger partial charge in [-0.2, -0.15) is 0 Å². The first kappa shape index (κ1) is 12.9. The molecule has 0 bridgehead atoms. The van der Waals surface area contributed by atoms with Crippen LogP contribution in [0, 0.1) is 0 Å². The molecule has 0 amide bonds. The van der Waals surface area contributed by atoms with Gasteiger partial charge in [-0.25, -0.2) is 4.79 Å². The first-order valence-electron chi connectivity index (χ1n) is 6.06. The molecule has 0 aliphatic heterocycles. The molecule has 0 saturated heterocycles. The minimum atomic E-state index is -0.910. The molecule has 1 aromatic carbocycles. The highest BCUT2D eigenvalue weighted by Gasteiger charge is 2.13. The molecule has 3 rings (SSSR count). The summed E-state index contributed by atoms with van der Waals surface area (Å²) in [5.41, 5.74) is 2.24. The van der Waals surface area contributed by atoms with Gasteiger partial charge in [-0.05, 0) is 33.6 Å². The first-order chi connectivity index (χ1) is 9.65. The van der Waals surface area contributed by atoms with Gasteiger partial charge in [-0.1, -0.05) is 18.2 Å². The highest BCUT2D eigenvalue weighted by Crippen LogP contribution is 2.22. The summed E-state index contributed by atoms with van der Waals surface area (Å²) in [5.74, 6) is -0.910. The number of aromatic carboxylic acids is 1. The van der Waals surface area contributed by atoms with Crippen molar-refractivity contribution in [1.29, 1.82) is 0 Å². The molecule has 1 N–H and O–H groups in total. The Morgan fingerprint density at radius 2 is 2.10 bits per heavy atom. The van der Waals surface area contributed by atoms with Crippen molar-refractivity contribution in [2.75, 3.05) is 0 Å². The Morgan fingerprint density at radius 1 is 1.30 bits per heavy atom. The van der Waals surface area contributed by atoms with Gasteiger partial charge in [0.25, 0.3) is 0 Å². The first-order valence-corrected chi connectivity index (χ1v) is 6.85. The van der Waals surface area contributed by atoms with Crippen LogP contribution in [0.15, 0.2) is 53.4 Å². The van der Waals surface area contributed by atoms with E-state index in [1.54, 1.807) is 18.6 Å². The molecular weight excluding hydrogens is 320 g/mol. The summed E-state index contributed by atoms with van der Waals surface area (Å²) in [6, 6.07) is 9.48. The molecule has 0 unspecified atom stereocenters. The molecule has 2 aromatic heterocycles. The van der Waals surface area contributed by atoms with E-state index < -0.39 is 5.97 Å². The number of hydrogen-bond acceptors (Lipinski definition) is 2. The SMILES string of the molecule is O=C(O)c1cn(Cc2cncc(Br)c2)c2ccccc12. The van der Waals surface area contributed by atoms with Crippen molar-refractivity contribution in [3.63, 3.8) is 0 Å². The van der Waals surface area contributed by atoms with Crippen LogP contribution in [0.5, 0.6) is 0 Å². The van der Waals surface area contributed by atoms with Gasteiger partial charge in [-0.3, -0.25) is 4.98 Å². The minimum Gasteiger partial charge on any atom is -0.478 e. The second-order valence-electron chi connectivity index (χ2n) is 4.50. The van der Waals surface area contributed by atoms with E-state index in [0.29, 0.717) is 12.1 Å². The number of para-hydroxylation sites is 1. The van der Waals surface area contributed by atoms with Crippen LogP contribution in [-0.2, 0) is 6.54 Å². The Hall–Kier alpha value is -2.14. The van der Waals surface area contributed by atoms with Crippen LogP contribution >= 0.6 is 15.9 Å². The van der Waals surface area contributed by atoms with Crippen molar-refractivity contribution in [3.8, 4) is 0 Å². The average molecular weight is 331 g/mol. The number of carbonyl (C=O) groups is 1. The maximum absolute atomic E-state index is 11.3. The number of hydrogen-bond donors (Lipinski definition) is 1. The summed E-state index contributed by atoms with van der Waals surface area (Å²) in [6.45, 7) is 0.584. The molecule has 2 heterocycles. The van der Waals surface area contributed by atoms with Gasteiger partial charge in [0.05, 0.1) is 5.56 Å². The van der Waals surface area contributed by atoms with Crippen LogP contribution in [0.2, 0.25) is 0 Å². The van der Waals surface area contributed by atoms with Gasteiger partial charge < -0.3 is 9.67 Å². The van der Waals surface area contributed by atoms with E-state index in [2.05, 4.69) is 20.9 Å². The molecule has 0 fully saturated rings. The number of rotatable bonds is 3. The zero-order valence-electron chi connectivity index (χ0n) is 10.5. The number of carboxylic acids is 1. The smallest absolute Gasteiger partial charge is 0.337 e. The summed E-state index contributed by atoms with van der Waals surface area (Å²) in [7, 11) is 0. The Kier molecular flexibility index (Phi) is 3.28. The number of fused-ring (bicyclic) bond motifs is 1. The van der Waals surface area contributed by atoms with Crippen molar-refractivity contribution in [1.82, 2.24) is 9.55 Å². The topological polar surface area (TPSA) is 55.1 Å². The predicted molar refractivity (Wildman–Crippen MR) is 79.9 cm³/mol. The highest BCUT2D eigenvalue weighted by molar-refractivity contribution is 9.10. The van der Waals surface area contributed by atoms with Crippen LogP contribution in [0.25, 0.3) is 10.9 Å². The summed E-state index contributed by atoms with van der Waals surface area (Å²) >= 11 is 3.39. The number of halogens is 1. The number of aromatic nitrogens is 2. The lowest BCUT2D eigenvalue weighted by atomic mass is 10.2. The fourth-order valence-corrected chi connectivity index (χ4v) is 2.70. The predicted octanol–water partition coefficient (Wildman–Crippen LogP) is 3.55. The Labute approximate surface area is 123 Å². The number of benzene rings is 1. The largest absolute Gasteiger partial charge is 0.478 e. The Morgan fingerprint density at radius 3 is 2.85 bits per heavy atom. The molecule has 5 heteroatoms. The normalized spacial score (nSPS) is 10.8. The fourth-order valence-electron chi connectivity index (χ4n) is 2.29. The molecular formula is C15H11BrN2O2. The molecule has 0 radical (unpaired) electrons. The minimum absolute atomic E-state index is 0.323. The van der Waals surface area contributed by atoms with Crippen LogP contribution in [0.3, 0.4) is 0 Å². The lowest BCUT2D eigenvalue weighted by Gasteiger charge is -2.05. The third kappa shape index (κ3) is 2.32. The average Bonchev–Trinajstić information content (AvgIpc) is 2.78. The van der Waals surface area contributed by atoms with Crippen LogP contribution in [-0.4, -0.2) is 20.6 Å². The maximum atomic E-state index is 11.3. The molecule has 100 valence electrons. The second kappa shape index (κ2) is 5.09. The Bertz CT molecular complexity index is 795. The van der Waals surface area contributed by atoms with E-state index in [1.807, 2.05) is 34.9 Å². The molecule has 3 aromatic rings. The van der Waals surface area contributed by atoms with Gasteiger partial charge in [0.2, 0.25) is 0 Å². The summed E-state index contributed by atoms with van der Waals surface area (Å²) in [5, 5.41) is 10.0. The van der Waals surface area contributed by atoms with Crippen molar-refractivity contribution in [3.05, 3.63) is 64.5 Å². The summed E-state index contributed by atoms with van der Waals surface area (Å²) in [6.07, 6.45) is 5.17. The summed E-state index contributed by atoms with van der Waals surface area (Å²) in [4.78, 5) is 15.4. The monoisotopic (exact) mass is 330 g/mol. The van der Waals surface area contributed by atoms with Crippen LogP contribution in [0.4, 0.5) is 0 Å². The standard InChI is InChI=1S/C15H11BrN2O2/c16-11-5-10(6-17-7-11)8-18-9-13(15(19)20)12-3-1-2-4-14(12)18/h1-7,9H,8H2,(H,19,20). The summed E-state index contributed by atoms with van der Waals surface area (Å²) < 4.78 is 2.84. The van der Waals surface area contributed by atoms with E-state index in [-0.39, 0.29) is 0 Å². The molecule has 0 atom stereocenters. The van der Waals surface area contributed by atoms with Crippen molar-refractivity contribution >= 4 is 32.8 Å². The van der Waals surface area contributed by atoms with Crippen LogP contribution < -0.4 is 0 Å². The lowest BCUT2D eigenvalue weighted by molar-refractivity contribution is 0.0699. The molecule has 0 aliphatic rings. The zero-order chi connectivity index (χ0) is 14.1. The van der Waals surface area contributed by atoms with Crippen LogP contribution in [0.1, 0.15) is 15.9 Å². The molecule has 0 saturated carbocycles. The third-order valence-corrected chi connectivity index (χ3v) is 3.57. The molecule has 20 heavy (non-hydrogen) atoms. The van der Waals surface area contributed by atoms with E-state index in [4.69, 9.17) is 0 Å². The van der Waals surface area contributed by atoms with Crippen molar-refractivity contribution < 1.29 is 9.90 Å². The van der Waals surface area contributed by atoms with E-state index in [9.17, 15) is 9.90 Å². The molecule has 0 spiro atoms. The fraction of sp³-hybridized carbons (Fsp3) is 0.0667. The van der Waals surface area contributed by atoms with Gasteiger partial charge in [0.1, 0.15) is 0 Å². The van der Waals surface area contributed by atoms with E-state index in [1.165, 1.54) is 0 Å². The van der Waals surface area contributed by atoms with Gasteiger partial charge in [0.15, 0.2) is 0 Å². The number of nitrogens with zero attached hydrogens (tertiary/aromatic N) is 2. The Balaban J connectivity index is 2.10. The van der Waals surface area contributed by atoms with Crippen molar-refractivity contribution in [2.24, 2.45) is 0 Å². The highest BCUT2D eigenvalue weighted by atomic mass is 79.9. The maximum Gasteiger partial charge on any atom is 0.337 e. The molecule has 4 nitrogen and oxygen atoms in total. The van der Waals surface area contributed by atoms with E-state index in [0.717, 1.165) is 20.9 Å².